The molecule has 0 saturated heterocycles. The Balaban J connectivity index is 2.89. The maximum absolute atomic E-state index is 11.3. The molecule has 2 atom stereocenters. The first-order chi connectivity index (χ1) is 8.47. The number of aliphatic hydroxyl groups excluding tert-OH is 1. The van der Waals surface area contributed by atoms with Gasteiger partial charge in [-0.2, -0.15) is 0 Å². The minimum Gasteiger partial charge on any atom is -0.465 e. The van der Waals surface area contributed by atoms with Crippen LogP contribution in [0.4, 0.5) is 5.69 Å². The third-order valence-electron chi connectivity index (χ3n) is 2.32. The van der Waals surface area contributed by atoms with Gasteiger partial charge in [0.15, 0.2) is 0 Å². The summed E-state index contributed by atoms with van der Waals surface area (Å²) in [5.74, 6) is -0.753. The van der Waals surface area contributed by atoms with Gasteiger partial charge in [0.2, 0.25) is 0 Å². The summed E-state index contributed by atoms with van der Waals surface area (Å²) in [6.07, 6.45) is -1.34. The van der Waals surface area contributed by atoms with Crippen molar-refractivity contribution in [3.63, 3.8) is 0 Å². The zero-order valence-corrected chi connectivity index (χ0v) is 9.78. The number of nitrogens with two attached hydrogens (primary N) is 1. The van der Waals surface area contributed by atoms with E-state index in [-0.39, 0.29) is 17.9 Å². The molecule has 7 nitrogen and oxygen atoms in total. The lowest BCUT2D eigenvalue weighted by molar-refractivity contribution is -0.385. The highest BCUT2D eigenvalue weighted by atomic mass is 16.6. The molecule has 1 aromatic rings. The molecule has 0 fully saturated rings. The molecule has 0 aliphatic rings. The number of rotatable bonds is 5. The molecular formula is C11H14N2O5. The van der Waals surface area contributed by atoms with Crippen LogP contribution in [0.3, 0.4) is 0 Å². The van der Waals surface area contributed by atoms with Crippen molar-refractivity contribution in [2.45, 2.75) is 19.1 Å². The number of ether oxygens (including phenoxy) is 1. The quantitative estimate of drug-likeness (QED) is 0.449. The van der Waals surface area contributed by atoms with Crippen LogP contribution in [0.25, 0.3) is 0 Å². The Morgan fingerprint density at radius 3 is 2.83 bits per heavy atom. The van der Waals surface area contributed by atoms with Crippen LogP contribution in [0, 0.1) is 10.1 Å². The van der Waals surface area contributed by atoms with Gasteiger partial charge in [0.1, 0.15) is 12.1 Å². The van der Waals surface area contributed by atoms with E-state index in [1.54, 1.807) is 6.92 Å². The van der Waals surface area contributed by atoms with E-state index in [4.69, 9.17) is 5.73 Å². The smallest absolute Gasteiger partial charge is 0.325 e. The highest BCUT2D eigenvalue weighted by Crippen LogP contribution is 2.21. The van der Waals surface area contributed by atoms with Crippen molar-refractivity contribution in [2.24, 2.45) is 5.73 Å². The van der Waals surface area contributed by atoms with Crippen LogP contribution in [-0.2, 0) is 9.53 Å². The van der Waals surface area contributed by atoms with Gasteiger partial charge in [-0.3, -0.25) is 14.9 Å². The molecule has 0 bridgehead atoms. The normalized spacial score (nSPS) is 13.7. The van der Waals surface area contributed by atoms with Gasteiger partial charge in [-0.1, -0.05) is 12.1 Å². The molecular weight excluding hydrogens is 240 g/mol. The van der Waals surface area contributed by atoms with Gasteiger partial charge in [-0.15, -0.1) is 0 Å². The van der Waals surface area contributed by atoms with E-state index >= 15 is 0 Å². The fourth-order valence-corrected chi connectivity index (χ4v) is 1.40. The number of esters is 1. The van der Waals surface area contributed by atoms with Crippen LogP contribution in [-0.4, -0.2) is 28.6 Å². The standard InChI is InChI=1S/C11H14N2O5/c1-2-18-11(15)9(12)10(14)7-4-3-5-8(6-7)13(16)17/h3-6,9-10,14H,2,12H2,1H3/t9-,10-/m0/s1. The molecule has 3 N–H and O–H groups in total. The highest BCUT2D eigenvalue weighted by Gasteiger charge is 2.26. The minimum atomic E-state index is -1.34. The Bertz CT molecular complexity index is 449. The number of benzene rings is 1. The first-order valence-electron chi connectivity index (χ1n) is 5.32. The fraction of sp³-hybridized carbons (Fsp3) is 0.364. The van der Waals surface area contributed by atoms with Crippen LogP contribution in [0.5, 0.6) is 0 Å². The monoisotopic (exact) mass is 254 g/mol. The molecule has 7 heteroatoms. The summed E-state index contributed by atoms with van der Waals surface area (Å²) >= 11 is 0. The molecule has 98 valence electrons. The van der Waals surface area contributed by atoms with E-state index < -0.39 is 23.0 Å². The second kappa shape index (κ2) is 6.08. The van der Waals surface area contributed by atoms with E-state index in [2.05, 4.69) is 4.74 Å². The van der Waals surface area contributed by atoms with Crippen molar-refractivity contribution in [1.82, 2.24) is 0 Å². The third-order valence-corrected chi connectivity index (χ3v) is 2.32. The molecule has 0 unspecified atom stereocenters. The Labute approximate surface area is 103 Å². The van der Waals surface area contributed by atoms with Gasteiger partial charge in [-0.05, 0) is 12.5 Å². The van der Waals surface area contributed by atoms with Crippen molar-refractivity contribution >= 4 is 11.7 Å². The lowest BCUT2D eigenvalue weighted by Gasteiger charge is -2.17. The SMILES string of the molecule is CCOC(=O)[C@@H](N)[C@@H](O)c1cccc([N+](=O)[O-])c1. The topological polar surface area (TPSA) is 116 Å². The van der Waals surface area contributed by atoms with Crippen molar-refractivity contribution < 1.29 is 19.6 Å². The van der Waals surface area contributed by atoms with Crippen molar-refractivity contribution in [3.05, 3.63) is 39.9 Å². The second-order valence-electron chi connectivity index (χ2n) is 3.57. The van der Waals surface area contributed by atoms with Crippen LogP contribution in [0.2, 0.25) is 0 Å². The molecule has 1 aromatic carbocycles. The number of carbonyl (C=O) groups excluding carboxylic acids is 1. The fourth-order valence-electron chi connectivity index (χ4n) is 1.40. The number of aliphatic hydroxyl groups is 1. The van der Waals surface area contributed by atoms with Crippen LogP contribution in [0.15, 0.2) is 24.3 Å². The summed E-state index contributed by atoms with van der Waals surface area (Å²) in [5.41, 5.74) is 5.53. The number of hydrogen-bond donors (Lipinski definition) is 2. The van der Waals surface area contributed by atoms with Crippen LogP contribution < -0.4 is 5.73 Å². The zero-order chi connectivity index (χ0) is 13.7. The highest BCUT2D eigenvalue weighted by molar-refractivity contribution is 5.76. The van der Waals surface area contributed by atoms with Crippen LogP contribution in [0.1, 0.15) is 18.6 Å². The average Bonchev–Trinajstić information content (AvgIpc) is 2.37. The molecule has 0 aliphatic carbocycles. The molecule has 0 aromatic heterocycles. The summed E-state index contributed by atoms with van der Waals surface area (Å²) in [4.78, 5) is 21.3. The van der Waals surface area contributed by atoms with E-state index in [1.165, 1.54) is 24.3 Å². The summed E-state index contributed by atoms with van der Waals surface area (Å²) < 4.78 is 4.67. The number of nitrogens with zero attached hydrogens (tertiary/aromatic N) is 1. The van der Waals surface area contributed by atoms with E-state index in [0.717, 1.165) is 0 Å². The molecule has 0 aliphatic heterocycles. The zero-order valence-electron chi connectivity index (χ0n) is 9.78. The largest absolute Gasteiger partial charge is 0.465 e. The predicted molar refractivity (Wildman–Crippen MR) is 62.7 cm³/mol. The molecule has 0 saturated carbocycles. The predicted octanol–water partition coefficient (Wildman–Crippen LogP) is 0.519. The number of nitro groups is 1. The molecule has 1 rings (SSSR count). The maximum atomic E-state index is 11.3. The van der Waals surface area contributed by atoms with Crippen molar-refractivity contribution in [3.8, 4) is 0 Å². The number of hydrogen-bond acceptors (Lipinski definition) is 6. The van der Waals surface area contributed by atoms with E-state index in [1.807, 2.05) is 0 Å². The van der Waals surface area contributed by atoms with Crippen molar-refractivity contribution in [1.29, 1.82) is 0 Å². The average molecular weight is 254 g/mol. The van der Waals surface area contributed by atoms with Gasteiger partial charge in [0.05, 0.1) is 11.5 Å². The van der Waals surface area contributed by atoms with Gasteiger partial charge in [0, 0.05) is 12.1 Å². The molecule has 18 heavy (non-hydrogen) atoms. The summed E-state index contributed by atoms with van der Waals surface area (Å²) in [7, 11) is 0. The second-order valence-corrected chi connectivity index (χ2v) is 3.57. The minimum absolute atomic E-state index is 0.147. The molecule has 0 heterocycles. The van der Waals surface area contributed by atoms with Crippen LogP contribution >= 0.6 is 0 Å². The van der Waals surface area contributed by atoms with Gasteiger partial charge >= 0.3 is 5.97 Å². The molecule has 0 spiro atoms. The Morgan fingerprint density at radius 2 is 2.28 bits per heavy atom. The first kappa shape index (κ1) is 14.1. The van der Waals surface area contributed by atoms with Gasteiger partial charge in [0.25, 0.3) is 5.69 Å². The number of non-ortho nitro benzene ring substituents is 1. The third kappa shape index (κ3) is 3.25. The molecule has 0 radical (unpaired) electrons. The lowest BCUT2D eigenvalue weighted by Crippen LogP contribution is -2.38. The van der Waals surface area contributed by atoms with Gasteiger partial charge in [-0.25, -0.2) is 0 Å². The summed E-state index contributed by atoms with van der Waals surface area (Å²) in [6.45, 7) is 1.76. The first-order valence-corrected chi connectivity index (χ1v) is 5.32. The van der Waals surface area contributed by atoms with Gasteiger partial charge < -0.3 is 15.6 Å². The molecule has 0 amide bonds. The Morgan fingerprint density at radius 1 is 1.61 bits per heavy atom. The lowest BCUT2D eigenvalue weighted by atomic mass is 10.0. The van der Waals surface area contributed by atoms with Crippen molar-refractivity contribution in [2.75, 3.05) is 6.61 Å². The Kier molecular flexibility index (Phi) is 4.75. The summed E-state index contributed by atoms with van der Waals surface area (Å²) in [6, 6.07) is 4.05. The summed E-state index contributed by atoms with van der Waals surface area (Å²) in [5, 5.41) is 20.4. The number of nitro benzene ring substituents is 1. The van der Waals surface area contributed by atoms with E-state index in [9.17, 15) is 20.0 Å². The number of carbonyl (C=O) groups is 1. The Hall–Kier alpha value is -1.99. The maximum Gasteiger partial charge on any atom is 0.325 e. The van der Waals surface area contributed by atoms with E-state index in [0.29, 0.717) is 0 Å².